The highest BCUT2D eigenvalue weighted by molar-refractivity contribution is 5.96. The minimum absolute atomic E-state index is 0.163. The van der Waals surface area contributed by atoms with Crippen molar-refractivity contribution in [3.05, 3.63) is 82.9 Å². The fraction of sp³-hybridized carbons (Fsp3) is 0.172. The second-order valence-electron chi connectivity index (χ2n) is 8.20. The third-order valence-electron chi connectivity index (χ3n) is 6.03. The van der Waals surface area contributed by atoms with E-state index in [9.17, 15) is 14.7 Å². The molecule has 0 saturated carbocycles. The minimum Gasteiger partial charge on any atom is -0.502 e. The summed E-state index contributed by atoms with van der Waals surface area (Å²) in [7, 11) is 7.27. The van der Waals surface area contributed by atoms with Gasteiger partial charge < -0.3 is 28.8 Å². The van der Waals surface area contributed by atoms with Gasteiger partial charge in [-0.3, -0.25) is 9.36 Å². The van der Waals surface area contributed by atoms with E-state index in [0.717, 1.165) is 4.57 Å². The molecule has 0 unspecified atom stereocenters. The Labute approximate surface area is 224 Å². The first kappa shape index (κ1) is 26.9. The van der Waals surface area contributed by atoms with Crippen LogP contribution in [-0.2, 0) is 0 Å². The van der Waals surface area contributed by atoms with E-state index in [4.69, 9.17) is 23.7 Å². The molecule has 0 saturated heterocycles. The highest BCUT2D eigenvalue weighted by atomic mass is 16.5. The maximum absolute atomic E-state index is 13.6. The number of para-hydroxylation sites is 1. The van der Waals surface area contributed by atoms with Crippen molar-refractivity contribution >= 4 is 12.0 Å². The van der Waals surface area contributed by atoms with Crippen LogP contribution in [0.4, 0.5) is 0 Å². The second kappa shape index (κ2) is 11.5. The van der Waals surface area contributed by atoms with Crippen molar-refractivity contribution in [2.75, 3.05) is 35.5 Å². The molecule has 0 aliphatic heterocycles. The van der Waals surface area contributed by atoms with Gasteiger partial charge in [-0.2, -0.15) is 0 Å². The lowest BCUT2D eigenvalue weighted by molar-refractivity contribution is 0.0967. The number of benzene rings is 3. The molecule has 1 aromatic heterocycles. The molecular weight excluding hydrogens is 504 g/mol. The van der Waals surface area contributed by atoms with Gasteiger partial charge in [0.2, 0.25) is 11.5 Å². The highest BCUT2D eigenvalue weighted by Crippen LogP contribution is 2.41. The van der Waals surface area contributed by atoms with E-state index < -0.39 is 11.6 Å². The number of hydrogen-bond acceptors (Lipinski definition) is 8. The van der Waals surface area contributed by atoms with Crippen molar-refractivity contribution in [2.24, 2.45) is 0 Å². The van der Waals surface area contributed by atoms with Gasteiger partial charge in [-0.25, -0.2) is 9.36 Å². The molecule has 0 amide bonds. The number of carbonyl (C=O) groups is 1. The predicted molar refractivity (Wildman–Crippen MR) is 146 cm³/mol. The van der Waals surface area contributed by atoms with Gasteiger partial charge in [-0.15, -0.1) is 0 Å². The Kier molecular flexibility index (Phi) is 7.95. The molecule has 1 heterocycles. The minimum atomic E-state index is -0.607. The first-order valence-electron chi connectivity index (χ1n) is 11.7. The summed E-state index contributed by atoms with van der Waals surface area (Å²) in [6.07, 6.45) is 4.33. The molecule has 3 aromatic carbocycles. The quantitative estimate of drug-likeness (QED) is 0.316. The van der Waals surface area contributed by atoms with Gasteiger partial charge in [0.05, 0.1) is 46.9 Å². The number of aromatic nitrogens is 2. The monoisotopic (exact) mass is 532 g/mol. The van der Waals surface area contributed by atoms with Gasteiger partial charge in [0, 0.05) is 17.8 Å². The number of aromatic hydroxyl groups is 1. The number of ether oxygens (including phenoxy) is 5. The van der Waals surface area contributed by atoms with Crippen molar-refractivity contribution in [1.29, 1.82) is 0 Å². The van der Waals surface area contributed by atoms with Gasteiger partial charge in [-0.05, 0) is 48.0 Å². The largest absolute Gasteiger partial charge is 0.502 e. The van der Waals surface area contributed by atoms with E-state index in [2.05, 4.69) is 0 Å². The fourth-order valence-electron chi connectivity index (χ4n) is 4.12. The van der Waals surface area contributed by atoms with Crippen LogP contribution in [0.5, 0.6) is 34.5 Å². The molecule has 0 radical (unpaired) electrons. The number of imidazole rings is 1. The van der Waals surface area contributed by atoms with Gasteiger partial charge in [-0.1, -0.05) is 18.2 Å². The van der Waals surface area contributed by atoms with E-state index in [-0.39, 0.29) is 17.2 Å². The first-order valence-corrected chi connectivity index (χ1v) is 11.7. The smallest absolute Gasteiger partial charge is 0.340 e. The summed E-state index contributed by atoms with van der Waals surface area (Å²) in [5.74, 6) is 0.684. The number of carbonyl (C=O) groups excluding carboxylic acids is 1. The van der Waals surface area contributed by atoms with Crippen molar-refractivity contribution < 1.29 is 33.6 Å². The number of hydrogen-bond donors (Lipinski definition) is 1. The SMILES string of the molecule is COc1cc(/C=C/C(=O)n2c(-c3cc(OC)c(OC)c(OC)c3)cn(-c3ccccc3)c2=O)cc(OC)c1O. The molecule has 4 rings (SSSR count). The Morgan fingerprint density at radius 3 is 1.87 bits per heavy atom. The fourth-order valence-corrected chi connectivity index (χ4v) is 4.12. The Morgan fingerprint density at radius 2 is 1.36 bits per heavy atom. The number of phenols is 1. The van der Waals surface area contributed by atoms with Crippen LogP contribution in [0.1, 0.15) is 10.4 Å². The Hall–Kier alpha value is -5.12. The Balaban J connectivity index is 1.88. The summed E-state index contributed by atoms with van der Waals surface area (Å²) in [5, 5.41) is 10.2. The van der Waals surface area contributed by atoms with Crippen LogP contribution < -0.4 is 29.4 Å². The summed E-state index contributed by atoms with van der Waals surface area (Å²) in [5.41, 5.74) is 1.32. The molecule has 10 heteroatoms. The van der Waals surface area contributed by atoms with Gasteiger partial charge in [0.1, 0.15) is 0 Å². The first-order chi connectivity index (χ1) is 18.9. The van der Waals surface area contributed by atoms with E-state index in [0.29, 0.717) is 39.8 Å². The summed E-state index contributed by atoms with van der Waals surface area (Å²) < 4.78 is 29.2. The number of methoxy groups -OCH3 is 5. The van der Waals surface area contributed by atoms with Crippen LogP contribution >= 0.6 is 0 Å². The van der Waals surface area contributed by atoms with Crippen LogP contribution in [-0.4, -0.2) is 55.7 Å². The van der Waals surface area contributed by atoms with Crippen LogP contribution in [0, 0.1) is 0 Å². The molecule has 39 heavy (non-hydrogen) atoms. The zero-order valence-electron chi connectivity index (χ0n) is 22.1. The molecular formula is C29H28N2O8. The number of rotatable bonds is 9. The molecule has 0 atom stereocenters. The Bertz CT molecular complexity index is 1530. The average molecular weight is 533 g/mol. The summed E-state index contributed by atoms with van der Waals surface area (Å²) in [4.78, 5) is 27.2. The van der Waals surface area contributed by atoms with Crippen LogP contribution in [0.3, 0.4) is 0 Å². The zero-order valence-corrected chi connectivity index (χ0v) is 22.1. The van der Waals surface area contributed by atoms with E-state index in [1.54, 1.807) is 54.7 Å². The molecule has 1 N–H and O–H groups in total. The van der Waals surface area contributed by atoms with E-state index >= 15 is 0 Å². The molecule has 202 valence electrons. The molecule has 10 nitrogen and oxygen atoms in total. The lowest BCUT2D eigenvalue weighted by Gasteiger charge is -2.14. The lowest BCUT2D eigenvalue weighted by Crippen LogP contribution is -2.27. The van der Waals surface area contributed by atoms with E-state index in [1.807, 2.05) is 6.07 Å². The average Bonchev–Trinajstić information content (AvgIpc) is 3.32. The van der Waals surface area contributed by atoms with Gasteiger partial charge in [0.15, 0.2) is 23.0 Å². The maximum Gasteiger partial charge on any atom is 0.340 e. The molecule has 0 fully saturated rings. The molecule has 0 aliphatic carbocycles. The van der Waals surface area contributed by atoms with Crippen molar-refractivity contribution in [2.45, 2.75) is 0 Å². The molecule has 0 aliphatic rings. The van der Waals surface area contributed by atoms with Crippen LogP contribution in [0.2, 0.25) is 0 Å². The van der Waals surface area contributed by atoms with Gasteiger partial charge >= 0.3 is 5.69 Å². The molecule has 4 aromatic rings. The summed E-state index contributed by atoms with van der Waals surface area (Å²) in [6, 6.07) is 15.4. The maximum atomic E-state index is 13.6. The summed E-state index contributed by atoms with van der Waals surface area (Å²) >= 11 is 0. The number of phenolic OH excluding ortho intramolecular Hbond substituents is 1. The molecule has 0 spiro atoms. The zero-order chi connectivity index (χ0) is 28.1. The normalized spacial score (nSPS) is 10.9. The van der Waals surface area contributed by atoms with Crippen molar-refractivity contribution in [3.63, 3.8) is 0 Å². The van der Waals surface area contributed by atoms with Crippen molar-refractivity contribution in [3.8, 4) is 51.4 Å². The third-order valence-corrected chi connectivity index (χ3v) is 6.03. The number of allylic oxidation sites excluding steroid dienone is 1. The third kappa shape index (κ3) is 5.17. The predicted octanol–water partition coefficient (Wildman–Crippen LogP) is 4.41. The van der Waals surface area contributed by atoms with Crippen LogP contribution in [0.25, 0.3) is 23.0 Å². The highest BCUT2D eigenvalue weighted by Gasteiger charge is 2.22. The summed E-state index contributed by atoms with van der Waals surface area (Å²) in [6.45, 7) is 0. The lowest BCUT2D eigenvalue weighted by atomic mass is 10.1. The van der Waals surface area contributed by atoms with Crippen LogP contribution in [0.15, 0.2) is 71.7 Å². The van der Waals surface area contributed by atoms with E-state index in [1.165, 1.54) is 52.3 Å². The standard InChI is InChI=1S/C29H28N2O8/c1-35-22-13-18(14-23(36-2)27(22)33)11-12-26(32)31-21(17-30(29(31)34)20-9-7-6-8-10-20)19-15-24(37-3)28(39-5)25(16-19)38-4/h6-17,33H,1-5H3/b12-11+. The number of nitrogens with zero attached hydrogens (tertiary/aromatic N) is 2. The van der Waals surface area contributed by atoms with Crippen molar-refractivity contribution in [1.82, 2.24) is 9.13 Å². The molecule has 0 bridgehead atoms. The Morgan fingerprint density at radius 1 is 0.795 bits per heavy atom. The second-order valence-corrected chi connectivity index (χ2v) is 8.20. The topological polar surface area (TPSA) is 110 Å². The van der Waals surface area contributed by atoms with Gasteiger partial charge in [0.25, 0.3) is 5.91 Å².